The Hall–Kier alpha value is -0.880. The van der Waals surface area contributed by atoms with Crippen LogP contribution in [-0.2, 0) is 0 Å². The second-order valence-electron chi connectivity index (χ2n) is 3.96. The highest BCUT2D eigenvalue weighted by Crippen LogP contribution is 2.22. The Morgan fingerprint density at radius 1 is 1.39 bits per heavy atom. The molecule has 2 rings (SSSR count). The molecule has 1 heterocycles. The molecule has 2 aromatic rings. The predicted octanol–water partition coefficient (Wildman–Crippen LogP) is 4.23. The second-order valence-corrected chi connectivity index (χ2v) is 6.18. The van der Waals surface area contributed by atoms with Gasteiger partial charge in [-0.2, -0.15) is 0 Å². The average molecular weight is 371 g/mol. The van der Waals surface area contributed by atoms with E-state index in [1.807, 2.05) is 35.7 Å². The van der Waals surface area contributed by atoms with Gasteiger partial charge in [-0.15, -0.1) is 11.3 Å². The van der Waals surface area contributed by atoms with Crippen LogP contribution in [-0.4, -0.2) is 5.91 Å². The van der Waals surface area contributed by atoms with Gasteiger partial charge in [0.2, 0.25) is 0 Å². The van der Waals surface area contributed by atoms with Crippen molar-refractivity contribution < 1.29 is 4.79 Å². The molecule has 0 aliphatic rings. The van der Waals surface area contributed by atoms with E-state index in [-0.39, 0.29) is 11.9 Å². The van der Waals surface area contributed by atoms with Crippen molar-refractivity contribution in [2.45, 2.75) is 19.4 Å². The zero-order valence-electron chi connectivity index (χ0n) is 10.0. The van der Waals surface area contributed by atoms with E-state index in [1.54, 1.807) is 11.3 Å². The Kier molecular flexibility index (Phi) is 4.77. The van der Waals surface area contributed by atoms with Crippen molar-refractivity contribution in [2.24, 2.45) is 0 Å². The van der Waals surface area contributed by atoms with Crippen LogP contribution in [0.15, 0.2) is 41.8 Å². The minimum absolute atomic E-state index is 0.00577. The van der Waals surface area contributed by atoms with Gasteiger partial charge < -0.3 is 5.32 Å². The third-order valence-corrected chi connectivity index (χ3v) is 4.34. The molecular weight excluding hydrogens is 357 g/mol. The summed E-state index contributed by atoms with van der Waals surface area (Å²) < 4.78 is 1.07. The van der Waals surface area contributed by atoms with E-state index in [2.05, 4.69) is 40.9 Å². The number of benzene rings is 1. The van der Waals surface area contributed by atoms with E-state index < -0.39 is 0 Å². The molecule has 0 aliphatic heterocycles. The molecule has 1 atom stereocenters. The molecule has 1 N–H and O–H groups in total. The van der Waals surface area contributed by atoms with Gasteiger partial charge in [-0.25, -0.2) is 0 Å². The number of nitrogens with one attached hydrogen (secondary N) is 1. The molecule has 4 heteroatoms. The van der Waals surface area contributed by atoms with Crippen LogP contribution in [0.3, 0.4) is 0 Å². The van der Waals surface area contributed by atoms with Gasteiger partial charge in [-0.3, -0.25) is 4.79 Å². The summed E-state index contributed by atoms with van der Waals surface area (Å²) in [4.78, 5) is 13.4. The lowest BCUT2D eigenvalue weighted by Gasteiger charge is -2.15. The Bertz CT molecular complexity index is 524. The van der Waals surface area contributed by atoms with Gasteiger partial charge in [-0.1, -0.05) is 19.1 Å². The van der Waals surface area contributed by atoms with E-state index in [4.69, 9.17) is 0 Å². The fourth-order valence-corrected chi connectivity index (χ4v) is 3.14. The number of halogens is 1. The molecule has 1 unspecified atom stereocenters. The molecule has 0 aliphatic carbocycles. The Morgan fingerprint density at radius 2 is 2.22 bits per heavy atom. The lowest BCUT2D eigenvalue weighted by Crippen LogP contribution is -2.27. The highest BCUT2D eigenvalue weighted by molar-refractivity contribution is 14.1. The van der Waals surface area contributed by atoms with E-state index in [9.17, 15) is 4.79 Å². The number of carbonyl (C=O) groups excluding carboxylic acids is 1. The van der Waals surface area contributed by atoms with E-state index in [0.29, 0.717) is 0 Å². The molecule has 0 saturated carbocycles. The zero-order chi connectivity index (χ0) is 13.0. The predicted molar refractivity (Wildman–Crippen MR) is 84.0 cm³/mol. The van der Waals surface area contributed by atoms with Crippen LogP contribution < -0.4 is 5.32 Å². The fourth-order valence-electron chi connectivity index (χ4n) is 1.74. The molecule has 1 aromatic carbocycles. The van der Waals surface area contributed by atoms with E-state index in [0.717, 1.165) is 15.6 Å². The van der Waals surface area contributed by atoms with Gasteiger partial charge in [-0.05, 0) is 58.7 Å². The molecule has 0 saturated heterocycles. The van der Waals surface area contributed by atoms with Crippen molar-refractivity contribution in [1.82, 2.24) is 5.32 Å². The molecule has 2 nitrogen and oxygen atoms in total. The van der Waals surface area contributed by atoms with Crippen LogP contribution in [0.25, 0.3) is 0 Å². The largest absolute Gasteiger partial charge is 0.344 e. The summed E-state index contributed by atoms with van der Waals surface area (Å²) in [6.07, 6.45) is 0.899. The smallest absolute Gasteiger partial charge is 0.251 e. The van der Waals surface area contributed by atoms with Gasteiger partial charge in [0.1, 0.15) is 0 Å². The van der Waals surface area contributed by atoms with Crippen molar-refractivity contribution in [3.05, 3.63) is 55.8 Å². The molecule has 0 radical (unpaired) electrons. The summed E-state index contributed by atoms with van der Waals surface area (Å²) in [6, 6.07) is 11.8. The number of carbonyl (C=O) groups is 1. The van der Waals surface area contributed by atoms with Gasteiger partial charge in [0.25, 0.3) is 5.91 Å². The van der Waals surface area contributed by atoms with Crippen LogP contribution in [0.2, 0.25) is 0 Å². The molecule has 0 spiro atoms. The summed E-state index contributed by atoms with van der Waals surface area (Å²) in [6.45, 7) is 2.08. The first-order valence-electron chi connectivity index (χ1n) is 5.80. The lowest BCUT2D eigenvalue weighted by atomic mass is 10.1. The molecule has 0 fully saturated rings. The summed E-state index contributed by atoms with van der Waals surface area (Å²) >= 11 is 3.89. The number of hydrogen-bond acceptors (Lipinski definition) is 2. The summed E-state index contributed by atoms with van der Waals surface area (Å²) in [5.74, 6) is -0.00577. The van der Waals surface area contributed by atoms with Gasteiger partial charge in [0, 0.05) is 14.0 Å². The maximum atomic E-state index is 12.2. The zero-order valence-corrected chi connectivity index (χ0v) is 13.0. The molecule has 94 valence electrons. The normalized spacial score (nSPS) is 12.1. The first-order valence-corrected chi connectivity index (χ1v) is 7.76. The van der Waals surface area contributed by atoms with Gasteiger partial charge >= 0.3 is 0 Å². The SMILES string of the molecule is CCC(NC(=O)c1cccc(I)c1)c1cccs1. The molecule has 1 amide bonds. The van der Waals surface area contributed by atoms with Crippen LogP contribution in [0.4, 0.5) is 0 Å². The van der Waals surface area contributed by atoms with Crippen molar-refractivity contribution >= 4 is 39.8 Å². The number of rotatable bonds is 4. The topological polar surface area (TPSA) is 29.1 Å². The Labute approximate surface area is 125 Å². The number of amides is 1. The van der Waals surface area contributed by atoms with Gasteiger partial charge in [0.05, 0.1) is 6.04 Å². The maximum Gasteiger partial charge on any atom is 0.251 e. The third-order valence-electron chi connectivity index (χ3n) is 2.69. The second kappa shape index (κ2) is 6.33. The highest BCUT2D eigenvalue weighted by Gasteiger charge is 2.14. The van der Waals surface area contributed by atoms with E-state index >= 15 is 0 Å². The highest BCUT2D eigenvalue weighted by atomic mass is 127. The minimum Gasteiger partial charge on any atom is -0.344 e. The quantitative estimate of drug-likeness (QED) is 0.801. The monoisotopic (exact) mass is 371 g/mol. The van der Waals surface area contributed by atoms with Crippen LogP contribution >= 0.6 is 33.9 Å². The van der Waals surface area contributed by atoms with Crippen LogP contribution in [0.1, 0.15) is 34.6 Å². The van der Waals surface area contributed by atoms with Crippen molar-refractivity contribution in [3.8, 4) is 0 Å². The number of thiophene rings is 1. The Morgan fingerprint density at radius 3 is 2.83 bits per heavy atom. The first kappa shape index (κ1) is 13.5. The van der Waals surface area contributed by atoms with E-state index in [1.165, 1.54) is 4.88 Å². The van der Waals surface area contributed by atoms with Crippen LogP contribution in [0.5, 0.6) is 0 Å². The average Bonchev–Trinajstić information content (AvgIpc) is 2.89. The van der Waals surface area contributed by atoms with Crippen LogP contribution in [0, 0.1) is 3.57 Å². The lowest BCUT2D eigenvalue weighted by molar-refractivity contribution is 0.0936. The standard InChI is InChI=1S/C14H14INOS/c1-2-12(13-7-4-8-18-13)16-14(17)10-5-3-6-11(15)9-10/h3-9,12H,2H2,1H3,(H,16,17). The maximum absolute atomic E-state index is 12.2. The third kappa shape index (κ3) is 3.32. The molecule has 1 aromatic heterocycles. The van der Waals surface area contributed by atoms with Crippen molar-refractivity contribution in [2.75, 3.05) is 0 Å². The summed E-state index contributed by atoms with van der Waals surface area (Å²) in [5.41, 5.74) is 0.719. The fraction of sp³-hybridized carbons (Fsp3) is 0.214. The van der Waals surface area contributed by atoms with Gasteiger partial charge in [0.15, 0.2) is 0 Å². The summed E-state index contributed by atoms with van der Waals surface area (Å²) in [7, 11) is 0. The number of hydrogen-bond donors (Lipinski definition) is 1. The first-order chi connectivity index (χ1) is 8.70. The minimum atomic E-state index is -0.00577. The molecule has 18 heavy (non-hydrogen) atoms. The van der Waals surface area contributed by atoms with Crippen molar-refractivity contribution in [3.63, 3.8) is 0 Å². The molecular formula is C14H14INOS. The van der Waals surface area contributed by atoms with Crippen molar-refractivity contribution in [1.29, 1.82) is 0 Å². The Balaban J connectivity index is 2.11. The molecule has 0 bridgehead atoms. The summed E-state index contributed by atoms with van der Waals surface area (Å²) in [5, 5.41) is 5.12.